The predicted molar refractivity (Wildman–Crippen MR) is 124 cm³/mol. The van der Waals surface area contributed by atoms with Crippen LogP contribution in [0, 0.1) is 0 Å². The number of carbonyl (C=O) groups excluding carboxylic acids is 1. The third kappa shape index (κ3) is 6.29. The summed E-state index contributed by atoms with van der Waals surface area (Å²) in [6.45, 7) is 0.0548. The van der Waals surface area contributed by atoms with Crippen molar-refractivity contribution in [2.75, 3.05) is 18.4 Å². The van der Waals surface area contributed by atoms with Crippen LogP contribution in [0.3, 0.4) is 0 Å². The van der Waals surface area contributed by atoms with Gasteiger partial charge in [0.15, 0.2) is 6.61 Å². The minimum atomic E-state index is -3.84. The molecule has 32 heavy (non-hydrogen) atoms. The van der Waals surface area contributed by atoms with Gasteiger partial charge < -0.3 is 14.8 Å². The molecule has 1 amide bonds. The van der Waals surface area contributed by atoms with E-state index < -0.39 is 10.0 Å². The standard InChI is InChI=1S/C22H20Cl2N2O5S/c1-30-21-11-6-16(12-20(21)24)26-32(28,29)18-9-7-17(8-10-18)31-14-22(27)25-13-15-4-2-3-5-19(15)23/h2-12,26H,13-14H2,1H3,(H,25,27). The number of methoxy groups -OCH3 is 1. The monoisotopic (exact) mass is 494 g/mol. The average Bonchev–Trinajstić information content (AvgIpc) is 2.77. The van der Waals surface area contributed by atoms with Crippen molar-refractivity contribution >= 4 is 44.8 Å². The first-order valence-electron chi connectivity index (χ1n) is 9.38. The minimum absolute atomic E-state index is 0.0277. The normalized spacial score (nSPS) is 11.0. The molecule has 0 aliphatic carbocycles. The lowest BCUT2D eigenvalue weighted by Crippen LogP contribution is -2.28. The average molecular weight is 495 g/mol. The maximum absolute atomic E-state index is 12.6. The van der Waals surface area contributed by atoms with Crippen molar-refractivity contribution in [3.8, 4) is 11.5 Å². The molecule has 0 spiro atoms. The van der Waals surface area contributed by atoms with E-state index in [9.17, 15) is 13.2 Å². The van der Waals surface area contributed by atoms with Crippen LogP contribution in [0.15, 0.2) is 71.6 Å². The van der Waals surface area contributed by atoms with Crippen molar-refractivity contribution in [3.63, 3.8) is 0 Å². The molecule has 0 radical (unpaired) electrons. The number of rotatable bonds is 9. The molecular weight excluding hydrogens is 475 g/mol. The van der Waals surface area contributed by atoms with Gasteiger partial charge in [0.1, 0.15) is 11.5 Å². The maximum atomic E-state index is 12.6. The number of nitrogens with one attached hydrogen (secondary N) is 2. The zero-order valence-electron chi connectivity index (χ0n) is 17.0. The number of amides is 1. The summed E-state index contributed by atoms with van der Waals surface area (Å²) >= 11 is 12.1. The van der Waals surface area contributed by atoms with Crippen LogP contribution in [-0.2, 0) is 21.4 Å². The highest BCUT2D eigenvalue weighted by atomic mass is 35.5. The fourth-order valence-corrected chi connectivity index (χ4v) is 4.20. The summed E-state index contributed by atoms with van der Waals surface area (Å²) in [5, 5.41) is 3.56. The van der Waals surface area contributed by atoms with E-state index >= 15 is 0 Å². The molecule has 3 aromatic carbocycles. The SMILES string of the molecule is COc1ccc(NS(=O)(=O)c2ccc(OCC(=O)NCc3ccccc3Cl)cc2)cc1Cl. The summed E-state index contributed by atoms with van der Waals surface area (Å²) in [4.78, 5) is 12.0. The summed E-state index contributed by atoms with van der Waals surface area (Å²) in [5.41, 5.74) is 1.09. The molecule has 2 N–H and O–H groups in total. The van der Waals surface area contributed by atoms with E-state index in [2.05, 4.69) is 10.0 Å². The number of carbonyl (C=O) groups is 1. The molecule has 3 rings (SSSR count). The van der Waals surface area contributed by atoms with E-state index in [1.807, 2.05) is 18.2 Å². The number of anilines is 1. The molecule has 0 bridgehead atoms. The summed E-state index contributed by atoms with van der Waals surface area (Å²) in [5.74, 6) is 0.455. The van der Waals surface area contributed by atoms with Gasteiger partial charge in [-0.15, -0.1) is 0 Å². The molecule has 0 heterocycles. The first-order chi connectivity index (χ1) is 15.3. The Bertz CT molecular complexity index is 1200. The largest absolute Gasteiger partial charge is 0.495 e. The molecule has 0 saturated heterocycles. The zero-order valence-corrected chi connectivity index (χ0v) is 19.3. The van der Waals surface area contributed by atoms with Gasteiger partial charge in [0.25, 0.3) is 15.9 Å². The lowest BCUT2D eigenvalue weighted by Gasteiger charge is -2.11. The van der Waals surface area contributed by atoms with Crippen LogP contribution in [0.5, 0.6) is 11.5 Å². The van der Waals surface area contributed by atoms with Crippen molar-refractivity contribution in [3.05, 3.63) is 82.3 Å². The molecule has 0 fully saturated rings. The van der Waals surface area contributed by atoms with Gasteiger partial charge in [-0.3, -0.25) is 9.52 Å². The van der Waals surface area contributed by atoms with Crippen molar-refractivity contribution in [2.45, 2.75) is 11.4 Å². The molecule has 10 heteroatoms. The fraction of sp³-hybridized carbons (Fsp3) is 0.136. The van der Waals surface area contributed by atoms with Crippen LogP contribution in [0.2, 0.25) is 10.0 Å². The highest BCUT2D eigenvalue weighted by molar-refractivity contribution is 7.92. The Balaban J connectivity index is 1.55. The van der Waals surface area contributed by atoms with Crippen LogP contribution in [0.1, 0.15) is 5.56 Å². The van der Waals surface area contributed by atoms with Crippen LogP contribution in [-0.4, -0.2) is 28.0 Å². The van der Waals surface area contributed by atoms with Crippen LogP contribution < -0.4 is 19.5 Å². The zero-order chi connectivity index (χ0) is 23.1. The second kappa shape index (κ2) is 10.6. The third-order valence-electron chi connectivity index (χ3n) is 4.34. The molecule has 0 unspecified atom stereocenters. The Kier molecular flexibility index (Phi) is 7.84. The van der Waals surface area contributed by atoms with E-state index in [4.69, 9.17) is 32.7 Å². The number of benzene rings is 3. The van der Waals surface area contributed by atoms with E-state index in [0.29, 0.717) is 22.2 Å². The van der Waals surface area contributed by atoms with Crippen LogP contribution in [0.4, 0.5) is 5.69 Å². The first-order valence-corrected chi connectivity index (χ1v) is 11.6. The number of ether oxygens (including phenoxy) is 2. The lowest BCUT2D eigenvalue weighted by molar-refractivity contribution is -0.123. The van der Waals surface area contributed by atoms with Gasteiger partial charge in [-0.05, 0) is 54.1 Å². The molecule has 3 aromatic rings. The Morgan fingerprint density at radius 1 is 0.969 bits per heavy atom. The van der Waals surface area contributed by atoms with Gasteiger partial charge in [0.2, 0.25) is 0 Å². The second-order valence-corrected chi connectivity index (χ2v) is 9.08. The molecule has 0 aliphatic heterocycles. The number of hydrogen-bond acceptors (Lipinski definition) is 5. The predicted octanol–water partition coefficient (Wildman–Crippen LogP) is 4.50. The number of hydrogen-bond donors (Lipinski definition) is 2. The van der Waals surface area contributed by atoms with E-state index in [-0.39, 0.29) is 29.0 Å². The summed E-state index contributed by atoms with van der Waals surface area (Å²) in [6.07, 6.45) is 0. The smallest absolute Gasteiger partial charge is 0.261 e. The van der Waals surface area contributed by atoms with Gasteiger partial charge in [0, 0.05) is 11.6 Å². The molecule has 168 valence electrons. The van der Waals surface area contributed by atoms with Crippen molar-refractivity contribution in [2.24, 2.45) is 0 Å². The summed E-state index contributed by atoms with van der Waals surface area (Å²) < 4.78 is 38.1. The Morgan fingerprint density at radius 3 is 2.34 bits per heavy atom. The summed E-state index contributed by atoms with van der Waals surface area (Å²) in [7, 11) is -2.37. The van der Waals surface area contributed by atoms with Crippen LogP contribution >= 0.6 is 23.2 Å². The van der Waals surface area contributed by atoms with Gasteiger partial charge in [-0.2, -0.15) is 0 Å². The number of sulfonamides is 1. The van der Waals surface area contributed by atoms with Crippen molar-refractivity contribution < 1.29 is 22.7 Å². The highest BCUT2D eigenvalue weighted by Gasteiger charge is 2.15. The van der Waals surface area contributed by atoms with Crippen molar-refractivity contribution in [1.82, 2.24) is 5.32 Å². The van der Waals surface area contributed by atoms with E-state index in [0.717, 1.165) is 5.56 Å². The molecule has 7 nitrogen and oxygen atoms in total. The Morgan fingerprint density at radius 2 is 1.69 bits per heavy atom. The maximum Gasteiger partial charge on any atom is 0.261 e. The molecule has 0 aromatic heterocycles. The van der Waals surface area contributed by atoms with E-state index in [1.54, 1.807) is 18.2 Å². The van der Waals surface area contributed by atoms with Gasteiger partial charge in [0.05, 0.1) is 22.7 Å². The lowest BCUT2D eigenvalue weighted by atomic mass is 10.2. The second-order valence-electron chi connectivity index (χ2n) is 6.58. The number of halogens is 2. The minimum Gasteiger partial charge on any atom is -0.495 e. The van der Waals surface area contributed by atoms with Gasteiger partial charge in [-0.25, -0.2) is 8.42 Å². The third-order valence-corrected chi connectivity index (χ3v) is 6.40. The highest BCUT2D eigenvalue weighted by Crippen LogP contribution is 2.28. The Labute approximate surface area is 196 Å². The fourth-order valence-electron chi connectivity index (χ4n) is 2.69. The first kappa shape index (κ1) is 23.7. The van der Waals surface area contributed by atoms with Crippen LogP contribution in [0.25, 0.3) is 0 Å². The Hall–Kier alpha value is -2.94. The quantitative estimate of drug-likeness (QED) is 0.456. The summed E-state index contributed by atoms with van der Waals surface area (Å²) in [6, 6.07) is 17.5. The van der Waals surface area contributed by atoms with Crippen molar-refractivity contribution in [1.29, 1.82) is 0 Å². The molecule has 0 atom stereocenters. The van der Waals surface area contributed by atoms with Gasteiger partial charge >= 0.3 is 0 Å². The molecular formula is C22H20Cl2N2O5S. The van der Waals surface area contributed by atoms with Gasteiger partial charge in [-0.1, -0.05) is 41.4 Å². The molecule has 0 aliphatic rings. The molecule has 0 saturated carbocycles. The van der Waals surface area contributed by atoms with E-state index in [1.165, 1.54) is 37.4 Å². The topological polar surface area (TPSA) is 93.7 Å².